The average Bonchev–Trinajstić information content (AvgIpc) is 2.95. The van der Waals surface area contributed by atoms with Gasteiger partial charge in [0.05, 0.1) is 0 Å². The summed E-state index contributed by atoms with van der Waals surface area (Å²) in [4.78, 5) is 15.0. The van der Waals surface area contributed by atoms with E-state index in [4.69, 9.17) is 15.0 Å². The van der Waals surface area contributed by atoms with E-state index < -0.39 is 0 Å². The third-order valence-corrected chi connectivity index (χ3v) is 7.54. The second kappa shape index (κ2) is 11.8. The molecule has 0 saturated carbocycles. The van der Waals surface area contributed by atoms with Crippen LogP contribution in [0.1, 0.15) is 33.4 Å². The van der Waals surface area contributed by atoms with Crippen molar-refractivity contribution in [1.29, 1.82) is 0 Å². The van der Waals surface area contributed by atoms with E-state index in [1.54, 1.807) is 18.2 Å². The fraction of sp³-hybridized carbons (Fsp3) is 0.162. The topological polar surface area (TPSA) is 79.1 Å². The monoisotopic (exact) mass is 553 g/mol. The van der Waals surface area contributed by atoms with E-state index in [9.17, 15) is 10.2 Å². The highest BCUT2D eigenvalue weighted by Gasteiger charge is 2.21. The van der Waals surface area contributed by atoms with Crippen LogP contribution in [-0.4, -0.2) is 25.2 Å². The quantitative estimate of drug-likeness (QED) is 0.188. The second-order valence-corrected chi connectivity index (χ2v) is 10.7. The van der Waals surface area contributed by atoms with Crippen LogP contribution in [0.4, 0.5) is 0 Å². The van der Waals surface area contributed by atoms with Gasteiger partial charge in [0.15, 0.2) is 17.5 Å². The number of nitrogens with zero attached hydrogens (tertiary/aromatic N) is 3. The van der Waals surface area contributed by atoms with Crippen LogP contribution in [0.3, 0.4) is 0 Å². The lowest BCUT2D eigenvalue weighted by atomic mass is 9.90. The predicted molar refractivity (Wildman–Crippen MR) is 172 cm³/mol. The van der Waals surface area contributed by atoms with Crippen LogP contribution in [0.2, 0.25) is 0 Å². The Morgan fingerprint density at radius 2 is 1.05 bits per heavy atom. The Kier molecular flexibility index (Phi) is 8.03. The molecule has 0 saturated heterocycles. The number of hydrogen-bond donors (Lipinski definition) is 2. The second-order valence-electron chi connectivity index (χ2n) is 10.7. The molecule has 0 aliphatic heterocycles. The highest BCUT2D eigenvalue weighted by molar-refractivity contribution is 5.82. The molecule has 0 aliphatic carbocycles. The van der Waals surface area contributed by atoms with E-state index in [1.165, 1.54) is 11.1 Å². The third-order valence-electron chi connectivity index (χ3n) is 7.54. The van der Waals surface area contributed by atoms with Gasteiger partial charge in [-0.25, -0.2) is 15.0 Å². The van der Waals surface area contributed by atoms with Crippen LogP contribution in [0, 0.1) is 27.7 Å². The number of phenols is 2. The van der Waals surface area contributed by atoms with Crippen molar-refractivity contribution in [2.75, 3.05) is 0 Å². The van der Waals surface area contributed by atoms with Crippen LogP contribution in [0.5, 0.6) is 11.5 Å². The SMILES string of the molecule is C=CCc1c(-c2nc(-c3ccc(C)cc3C)nc(-c3ccc(C)cc3C)n2)cccc1-c1ccc(O)c(CC=C)c1O. The molecule has 5 rings (SSSR count). The van der Waals surface area contributed by atoms with Crippen LogP contribution >= 0.6 is 0 Å². The molecule has 1 heterocycles. The molecule has 0 bridgehead atoms. The molecular formula is C37H35N3O2. The Morgan fingerprint density at radius 1 is 0.571 bits per heavy atom. The van der Waals surface area contributed by atoms with Gasteiger partial charge in [0, 0.05) is 27.8 Å². The molecule has 5 nitrogen and oxygen atoms in total. The molecule has 5 heteroatoms. The van der Waals surface area contributed by atoms with Crippen LogP contribution in [0.25, 0.3) is 45.3 Å². The Balaban J connectivity index is 1.79. The first-order chi connectivity index (χ1) is 20.2. The Labute approximate surface area is 247 Å². The van der Waals surface area contributed by atoms with E-state index >= 15 is 0 Å². The summed E-state index contributed by atoms with van der Waals surface area (Å²) in [5.41, 5.74) is 10.0. The number of phenolic OH excluding ortho intramolecular Hbond substituents is 2. The van der Waals surface area contributed by atoms with E-state index in [-0.39, 0.29) is 11.5 Å². The smallest absolute Gasteiger partial charge is 0.164 e. The van der Waals surface area contributed by atoms with Gasteiger partial charge >= 0.3 is 0 Å². The Morgan fingerprint density at radius 3 is 1.57 bits per heavy atom. The van der Waals surface area contributed by atoms with Crippen molar-refractivity contribution in [2.45, 2.75) is 40.5 Å². The number of aryl methyl sites for hydroxylation is 4. The number of rotatable bonds is 8. The lowest BCUT2D eigenvalue weighted by molar-refractivity contribution is 0.442. The first-order valence-electron chi connectivity index (χ1n) is 14.0. The van der Waals surface area contributed by atoms with E-state index in [0.717, 1.165) is 38.9 Å². The molecule has 0 fully saturated rings. The largest absolute Gasteiger partial charge is 0.508 e. The van der Waals surface area contributed by atoms with Crippen molar-refractivity contribution < 1.29 is 10.2 Å². The van der Waals surface area contributed by atoms with Crippen LogP contribution < -0.4 is 0 Å². The lowest BCUT2D eigenvalue weighted by Crippen LogP contribution is -2.04. The molecule has 0 radical (unpaired) electrons. The zero-order chi connectivity index (χ0) is 30.0. The minimum absolute atomic E-state index is 0.0277. The van der Waals surface area contributed by atoms with Crippen molar-refractivity contribution in [2.24, 2.45) is 0 Å². The number of benzene rings is 4. The van der Waals surface area contributed by atoms with Crippen molar-refractivity contribution in [3.8, 4) is 56.8 Å². The molecular weight excluding hydrogens is 518 g/mol. The Bertz CT molecular complexity index is 1770. The molecule has 42 heavy (non-hydrogen) atoms. The molecule has 0 amide bonds. The van der Waals surface area contributed by atoms with Gasteiger partial charge in [-0.3, -0.25) is 0 Å². The van der Waals surface area contributed by atoms with Crippen molar-refractivity contribution in [3.05, 3.63) is 125 Å². The van der Waals surface area contributed by atoms with Gasteiger partial charge in [-0.2, -0.15) is 0 Å². The molecule has 1 aromatic heterocycles. The zero-order valence-corrected chi connectivity index (χ0v) is 24.6. The molecule has 4 aromatic carbocycles. The van der Waals surface area contributed by atoms with Gasteiger partial charge in [-0.15, -0.1) is 13.2 Å². The highest BCUT2D eigenvalue weighted by Crippen LogP contribution is 2.41. The van der Waals surface area contributed by atoms with Gasteiger partial charge in [-0.1, -0.05) is 77.9 Å². The van der Waals surface area contributed by atoms with Crippen molar-refractivity contribution in [3.63, 3.8) is 0 Å². The summed E-state index contributed by atoms with van der Waals surface area (Å²) in [7, 11) is 0. The third kappa shape index (κ3) is 5.46. The van der Waals surface area contributed by atoms with Crippen molar-refractivity contribution in [1.82, 2.24) is 15.0 Å². The summed E-state index contributed by atoms with van der Waals surface area (Å²) >= 11 is 0. The van der Waals surface area contributed by atoms with Crippen LogP contribution in [0.15, 0.2) is 92.0 Å². The van der Waals surface area contributed by atoms with Gasteiger partial charge in [0.1, 0.15) is 11.5 Å². The highest BCUT2D eigenvalue weighted by atomic mass is 16.3. The van der Waals surface area contributed by atoms with Gasteiger partial charge in [0.25, 0.3) is 0 Å². The minimum Gasteiger partial charge on any atom is -0.508 e. The van der Waals surface area contributed by atoms with E-state index in [1.807, 2.05) is 24.3 Å². The first kappa shape index (κ1) is 28.5. The van der Waals surface area contributed by atoms with E-state index in [0.29, 0.717) is 41.4 Å². The maximum atomic E-state index is 11.2. The molecule has 0 unspecified atom stereocenters. The molecule has 0 aliphatic rings. The fourth-order valence-electron chi connectivity index (χ4n) is 5.47. The standard InChI is InChI=1S/C37H35N3O2/c1-7-10-28-29(30-18-19-33(41)32(11-8-2)34(30)42)12-9-13-31(28)37-39-35(26-16-14-22(3)20-24(26)5)38-36(40-37)27-17-15-23(4)21-25(27)6/h7-9,12-21,41-42H,1-2,10-11H2,3-6H3. The summed E-state index contributed by atoms with van der Waals surface area (Å²) in [5.74, 6) is 1.80. The normalized spacial score (nSPS) is 11.0. The number of aromatic hydroxyl groups is 2. The lowest BCUT2D eigenvalue weighted by Gasteiger charge is -2.17. The molecule has 210 valence electrons. The van der Waals surface area contributed by atoms with Gasteiger partial charge < -0.3 is 10.2 Å². The summed E-state index contributed by atoms with van der Waals surface area (Å²) in [5, 5.41) is 21.6. The molecule has 0 spiro atoms. The molecule has 2 N–H and O–H groups in total. The number of allylic oxidation sites excluding steroid dienone is 2. The van der Waals surface area contributed by atoms with Gasteiger partial charge in [0.2, 0.25) is 0 Å². The summed E-state index contributed by atoms with van der Waals surface area (Å²) in [6, 6.07) is 21.8. The van der Waals surface area contributed by atoms with Gasteiger partial charge in [-0.05, 0) is 74.9 Å². The summed E-state index contributed by atoms with van der Waals surface area (Å²) in [6.07, 6.45) is 4.36. The Hall–Kier alpha value is -5.03. The maximum absolute atomic E-state index is 11.2. The first-order valence-corrected chi connectivity index (χ1v) is 14.0. The van der Waals surface area contributed by atoms with E-state index in [2.05, 4.69) is 77.3 Å². The van der Waals surface area contributed by atoms with Crippen molar-refractivity contribution >= 4 is 0 Å². The van der Waals surface area contributed by atoms with Crippen LogP contribution in [-0.2, 0) is 12.8 Å². The fourth-order valence-corrected chi connectivity index (χ4v) is 5.47. The summed E-state index contributed by atoms with van der Waals surface area (Å²) < 4.78 is 0. The number of hydrogen-bond acceptors (Lipinski definition) is 5. The summed E-state index contributed by atoms with van der Waals surface area (Å²) in [6.45, 7) is 16.1. The number of aromatic nitrogens is 3. The minimum atomic E-state index is 0.0277. The molecule has 5 aromatic rings. The predicted octanol–water partition coefficient (Wildman–Crippen LogP) is 8.64. The average molecular weight is 554 g/mol. The zero-order valence-electron chi connectivity index (χ0n) is 24.6. The maximum Gasteiger partial charge on any atom is 0.164 e. The molecule has 0 atom stereocenters.